The average Bonchev–Trinajstić information content (AvgIpc) is 2.85. The van der Waals surface area contributed by atoms with Crippen LogP contribution in [0.25, 0.3) is 0 Å². The van der Waals surface area contributed by atoms with Gasteiger partial charge in [-0.3, -0.25) is 14.9 Å². The van der Waals surface area contributed by atoms with Crippen LogP contribution < -0.4 is 5.32 Å². The van der Waals surface area contributed by atoms with Crippen molar-refractivity contribution in [3.63, 3.8) is 0 Å². The Hall–Kier alpha value is -1.89. The number of hydrogen-bond donors (Lipinski definition) is 2. The molecule has 2 amide bonds. The topological polar surface area (TPSA) is 95.7 Å². The van der Waals surface area contributed by atoms with Gasteiger partial charge in [-0.05, 0) is 32.6 Å². The number of piperidine rings is 1. The maximum absolute atomic E-state index is 12.3. The predicted octanol–water partition coefficient (Wildman–Crippen LogP) is 1.57. The fourth-order valence-electron chi connectivity index (χ4n) is 2.94. The molecule has 0 aliphatic carbocycles. The van der Waals surface area contributed by atoms with Gasteiger partial charge in [-0.15, -0.1) is 0 Å². The largest absolute Gasteiger partial charge is 0.390 e. The quantitative estimate of drug-likeness (QED) is 0.823. The van der Waals surface area contributed by atoms with Crippen LogP contribution in [0.1, 0.15) is 39.4 Å². The third-order valence-electron chi connectivity index (χ3n) is 4.32. The number of carbonyl (C=O) groups excluding carboxylic acids is 2. The van der Waals surface area contributed by atoms with Crippen molar-refractivity contribution in [3.05, 3.63) is 11.8 Å². The highest BCUT2D eigenvalue weighted by Crippen LogP contribution is 2.32. The molecule has 1 aromatic rings. The van der Waals surface area contributed by atoms with E-state index in [1.807, 2.05) is 0 Å². The molecule has 128 valence electrons. The normalized spacial score (nSPS) is 24.8. The van der Waals surface area contributed by atoms with Gasteiger partial charge in [0.1, 0.15) is 5.76 Å². The molecule has 1 fully saturated rings. The van der Waals surface area contributed by atoms with Crippen molar-refractivity contribution in [2.75, 3.05) is 18.4 Å². The molecular formula is C16H25N3O4. The van der Waals surface area contributed by atoms with Gasteiger partial charge in [-0.1, -0.05) is 19.0 Å². The van der Waals surface area contributed by atoms with Gasteiger partial charge in [-0.2, -0.15) is 0 Å². The maximum atomic E-state index is 12.3. The molecule has 2 heterocycles. The molecule has 23 heavy (non-hydrogen) atoms. The first-order valence-electron chi connectivity index (χ1n) is 7.95. The molecule has 1 aliphatic heterocycles. The molecule has 1 saturated heterocycles. The van der Waals surface area contributed by atoms with Gasteiger partial charge in [0.25, 0.3) is 0 Å². The monoisotopic (exact) mass is 323 g/mol. The molecule has 2 N–H and O–H groups in total. The number of hydrogen-bond acceptors (Lipinski definition) is 5. The minimum Gasteiger partial charge on any atom is -0.390 e. The summed E-state index contributed by atoms with van der Waals surface area (Å²) >= 11 is 0. The Morgan fingerprint density at radius 3 is 2.83 bits per heavy atom. The first-order valence-corrected chi connectivity index (χ1v) is 7.95. The van der Waals surface area contributed by atoms with Crippen molar-refractivity contribution in [3.8, 4) is 0 Å². The Bertz CT molecular complexity index is 580. The number of anilines is 1. The highest BCUT2D eigenvalue weighted by molar-refractivity contribution is 6.39. The van der Waals surface area contributed by atoms with Crippen LogP contribution >= 0.6 is 0 Å². The lowest BCUT2D eigenvalue weighted by molar-refractivity contribution is -0.148. The van der Waals surface area contributed by atoms with Crippen molar-refractivity contribution in [2.45, 2.75) is 46.1 Å². The van der Waals surface area contributed by atoms with E-state index < -0.39 is 17.4 Å². The average molecular weight is 323 g/mol. The number of likely N-dealkylation sites (tertiary alicyclic amines) is 1. The zero-order chi connectivity index (χ0) is 17.2. The van der Waals surface area contributed by atoms with Gasteiger partial charge in [0, 0.05) is 25.1 Å². The molecule has 2 atom stereocenters. The van der Waals surface area contributed by atoms with E-state index in [1.54, 1.807) is 19.9 Å². The molecule has 0 saturated carbocycles. The summed E-state index contributed by atoms with van der Waals surface area (Å²) in [7, 11) is 0. The second kappa shape index (κ2) is 6.70. The van der Waals surface area contributed by atoms with E-state index in [1.165, 1.54) is 4.90 Å². The number of carbonyl (C=O) groups is 2. The second-order valence-electron chi connectivity index (χ2n) is 6.96. The first kappa shape index (κ1) is 17.5. The highest BCUT2D eigenvalue weighted by Gasteiger charge is 2.40. The van der Waals surface area contributed by atoms with Gasteiger partial charge in [0.2, 0.25) is 0 Å². The summed E-state index contributed by atoms with van der Waals surface area (Å²) in [6, 6.07) is 1.55. The third kappa shape index (κ3) is 4.31. The van der Waals surface area contributed by atoms with E-state index in [0.29, 0.717) is 31.2 Å². The standard InChI is InChI=1S/C16H25N3O4/c1-10(2)7-12-9-19(6-5-16(12,4)22)15(21)14(20)17-13-8-11(3)23-18-13/h8,10,12,22H,5-7,9H2,1-4H3,(H,17,18,20)/t12-,16+/m1/s1. The molecule has 0 aromatic carbocycles. The van der Waals surface area contributed by atoms with E-state index in [9.17, 15) is 14.7 Å². The number of amides is 2. The SMILES string of the molecule is Cc1cc(NC(=O)C(=O)N2CC[C@](C)(O)[C@H](CC(C)C)C2)no1. The van der Waals surface area contributed by atoms with E-state index in [4.69, 9.17) is 4.52 Å². The first-order chi connectivity index (χ1) is 10.7. The Kier molecular flexibility index (Phi) is 5.09. The summed E-state index contributed by atoms with van der Waals surface area (Å²) in [5.74, 6) is -0.184. The van der Waals surface area contributed by atoms with E-state index in [2.05, 4.69) is 24.3 Å². The molecule has 0 radical (unpaired) electrons. The van der Waals surface area contributed by atoms with Crippen LogP contribution in [0.15, 0.2) is 10.6 Å². The van der Waals surface area contributed by atoms with E-state index in [0.717, 1.165) is 6.42 Å². The molecule has 0 bridgehead atoms. The Balaban J connectivity index is 2.00. The Morgan fingerprint density at radius 1 is 1.57 bits per heavy atom. The Morgan fingerprint density at radius 2 is 2.26 bits per heavy atom. The molecule has 7 nitrogen and oxygen atoms in total. The molecule has 7 heteroatoms. The lowest BCUT2D eigenvalue weighted by atomic mass is 9.78. The second-order valence-corrected chi connectivity index (χ2v) is 6.96. The summed E-state index contributed by atoms with van der Waals surface area (Å²) in [5.41, 5.74) is -0.805. The smallest absolute Gasteiger partial charge is 0.315 e. The van der Waals surface area contributed by atoms with Crippen molar-refractivity contribution in [1.82, 2.24) is 10.1 Å². The highest BCUT2D eigenvalue weighted by atomic mass is 16.5. The van der Waals surface area contributed by atoms with Crippen LogP contribution in [0.2, 0.25) is 0 Å². The van der Waals surface area contributed by atoms with Crippen LogP contribution in [0.4, 0.5) is 5.82 Å². The summed E-state index contributed by atoms with van der Waals surface area (Å²) < 4.78 is 4.86. The van der Waals surface area contributed by atoms with Gasteiger partial charge in [0.05, 0.1) is 5.60 Å². The van der Waals surface area contributed by atoms with Gasteiger partial charge in [0.15, 0.2) is 5.82 Å². The number of rotatable bonds is 3. The van der Waals surface area contributed by atoms with Gasteiger partial charge < -0.3 is 14.5 Å². The number of aliphatic hydroxyl groups is 1. The minimum absolute atomic E-state index is 0.0395. The lowest BCUT2D eigenvalue weighted by Gasteiger charge is -2.43. The zero-order valence-electron chi connectivity index (χ0n) is 14.1. The number of aryl methyl sites for hydroxylation is 1. The molecule has 2 rings (SSSR count). The third-order valence-corrected chi connectivity index (χ3v) is 4.32. The lowest BCUT2D eigenvalue weighted by Crippen LogP contribution is -2.54. The van der Waals surface area contributed by atoms with Crippen LogP contribution in [0, 0.1) is 18.8 Å². The summed E-state index contributed by atoms with van der Waals surface area (Å²) in [6.07, 6.45) is 1.27. The van der Waals surface area contributed by atoms with Crippen molar-refractivity contribution >= 4 is 17.6 Å². The van der Waals surface area contributed by atoms with Crippen molar-refractivity contribution < 1.29 is 19.2 Å². The van der Waals surface area contributed by atoms with Crippen LogP contribution in [-0.2, 0) is 9.59 Å². The van der Waals surface area contributed by atoms with Crippen molar-refractivity contribution in [1.29, 1.82) is 0 Å². The van der Waals surface area contributed by atoms with E-state index >= 15 is 0 Å². The fraction of sp³-hybridized carbons (Fsp3) is 0.688. The van der Waals surface area contributed by atoms with Crippen molar-refractivity contribution in [2.24, 2.45) is 11.8 Å². The fourth-order valence-corrected chi connectivity index (χ4v) is 2.94. The number of nitrogens with zero attached hydrogens (tertiary/aromatic N) is 2. The zero-order valence-corrected chi connectivity index (χ0v) is 14.1. The summed E-state index contributed by atoms with van der Waals surface area (Å²) in [4.78, 5) is 25.9. The molecular weight excluding hydrogens is 298 g/mol. The van der Waals surface area contributed by atoms with Gasteiger partial charge in [-0.25, -0.2) is 0 Å². The molecule has 1 aliphatic rings. The molecule has 0 unspecified atom stereocenters. The molecule has 1 aromatic heterocycles. The van der Waals surface area contributed by atoms with Crippen LogP contribution in [-0.4, -0.2) is 45.7 Å². The number of aromatic nitrogens is 1. The Labute approximate surface area is 136 Å². The molecule has 0 spiro atoms. The summed E-state index contributed by atoms with van der Waals surface area (Å²) in [6.45, 7) is 8.42. The van der Waals surface area contributed by atoms with Crippen LogP contribution in [0.3, 0.4) is 0 Å². The number of nitrogens with one attached hydrogen (secondary N) is 1. The van der Waals surface area contributed by atoms with Crippen LogP contribution in [0.5, 0.6) is 0 Å². The maximum Gasteiger partial charge on any atom is 0.315 e. The minimum atomic E-state index is -0.805. The van der Waals surface area contributed by atoms with Gasteiger partial charge >= 0.3 is 11.8 Å². The predicted molar refractivity (Wildman–Crippen MR) is 84.6 cm³/mol. The van der Waals surface area contributed by atoms with E-state index in [-0.39, 0.29) is 11.7 Å². The summed E-state index contributed by atoms with van der Waals surface area (Å²) in [5, 5.41) is 16.6.